The molecule has 0 saturated carbocycles. The van der Waals surface area contributed by atoms with Crippen molar-refractivity contribution in [3.05, 3.63) is 0 Å². The standard InChI is InChI=1S/C21H43NO7/c1-4-5-6-7-8-21(23)29-20-19-28-18-17-27-16-15-26-14-13-25-12-11-24-10-9-22(2)3/h4-20H2,1-3H3. The topological polar surface area (TPSA) is 75.7 Å². The molecule has 0 saturated heterocycles. The van der Waals surface area contributed by atoms with Crippen LogP contribution in [-0.2, 0) is 33.2 Å². The minimum atomic E-state index is -0.140. The molecule has 174 valence electrons. The van der Waals surface area contributed by atoms with E-state index in [2.05, 4.69) is 11.8 Å². The van der Waals surface area contributed by atoms with E-state index < -0.39 is 0 Å². The Kier molecular flexibility index (Phi) is 22.9. The van der Waals surface area contributed by atoms with E-state index in [4.69, 9.17) is 28.4 Å². The van der Waals surface area contributed by atoms with Crippen molar-refractivity contribution in [2.24, 2.45) is 0 Å². The molecule has 8 nitrogen and oxygen atoms in total. The van der Waals surface area contributed by atoms with Gasteiger partial charge in [-0.1, -0.05) is 26.2 Å². The second-order valence-electron chi connectivity index (χ2n) is 6.90. The number of carbonyl (C=O) groups excluding carboxylic acids is 1. The summed E-state index contributed by atoms with van der Waals surface area (Å²) in [5.74, 6) is -0.140. The van der Waals surface area contributed by atoms with Crippen LogP contribution in [0.1, 0.15) is 39.0 Å². The molecule has 0 rings (SSSR count). The van der Waals surface area contributed by atoms with Gasteiger partial charge in [-0.3, -0.25) is 4.79 Å². The summed E-state index contributed by atoms with van der Waals surface area (Å²) in [4.78, 5) is 13.5. The highest BCUT2D eigenvalue weighted by Gasteiger charge is 2.02. The molecule has 0 aliphatic heterocycles. The van der Waals surface area contributed by atoms with Crippen molar-refractivity contribution in [2.75, 3.05) is 93.3 Å². The minimum Gasteiger partial charge on any atom is -0.463 e. The number of likely N-dealkylation sites (N-methyl/N-ethyl adjacent to an activating group) is 1. The van der Waals surface area contributed by atoms with E-state index in [9.17, 15) is 4.79 Å². The zero-order chi connectivity index (χ0) is 21.4. The number of unbranched alkanes of at least 4 members (excludes halogenated alkanes) is 3. The number of hydrogen-bond acceptors (Lipinski definition) is 8. The Labute approximate surface area is 177 Å². The van der Waals surface area contributed by atoms with Gasteiger partial charge in [-0.15, -0.1) is 0 Å². The largest absolute Gasteiger partial charge is 0.463 e. The van der Waals surface area contributed by atoms with Crippen molar-refractivity contribution in [1.82, 2.24) is 4.90 Å². The Bertz CT molecular complexity index is 343. The Balaban J connectivity index is 3.09. The van der Waals surface area contributed by atoms with Crippen LogP contribution in [-0.4, -0.2) is 104 Å². The minimum absolute atomic E-state index is 0.140. The molecule has 0 unspecified atom stereocenters. The molecule has 0 N–H and O–H groups in total. The molecule has 0 amide bonds. The summed E-state index contributed by atoms with van der Waals surface area (Å²) in [6.45, 7) is 8.79. The third-order valence-electron chi connectivity index (χ3n) is 3.90. The average molecular weight is 422 g/mol. The van der Waals surface area contributed by atoms with Gasteiger partial charge in [-0.2, -0.15) is 0 Å². The summed E-state index contributed by atoms with van der Waals surface area (Å²) < 4.78 is 32.1. The first-order valence-electron chi connectivity index (χ1n) is 10.9. The van der Waals surface area contributed by atoms with Crippen LogP contribution in [0, 0.1) is 0 Å². The molecule has 0 fully saturated rings. The molecule has 0 bridgehead atoms. The summed E-state index contributed by atoms with van der Waals surface area (Å²) in [6, 6.07) is 0. The quantitative estimate of drug-likeness (QED) is 0.183. The van der Waals surface area contributed by atoms with Gasteiger partial charge in [0, 0.05) is 13.0 Å². The molecule has 0 spiro atoms. The lowest BCUT2D eigenvalue weighted by molar-refractivity contribution is -0.145. The summed E-state index contributed by atoms with van der Waals surface area (Å²) >= 11 is 0. The third-order valence-corrected chi connectivity index (χ3v) is 3.90. The Hall–Kier alpha value is -0.770. The van der Waals surface area contributed by atoms with E-state index in [1.807, 2.05) is 14.1 Å². The highest BCUT2D eigenvalue weighted by Crippen LogP contribution is 2.03. The van der Waals surface area contributed by atoms with Gasteiger partial charge in [-0.25, -0.2) is 0 Å². The fraction of sp³-hybridized carbons (Fsp3) is 0.952. The molecular formula is C21H43NO7. The number of ether oxygens (including phenoxy) is 6. The Morgan fingerprint density at radius 1 is 0.621 bits per heavy atom. The summed E-state index contributed by atoms with van der Waals surface area (Å²) in [6.07, 6.45) is 4.82. The van der Waals surface area contributed by atoms with Crippen molar-refractivity contribution >= 4 is 5.97 Å². The monoisotopic (exact) mass is 421 g/mol. The van der Waals surface area contributed by atoms with Gasteiger partial charge >= 0.3 is 5.97 Å². The van der Waals surface area contributed by atoms with Gasteiger partial charge in [0.05, 0.1) is 66.1 Å². The lowest BCUT2D eigenvalue weighted by Crippen LogP contribution is -2.19. The van der Waals surface area contributed by atoms with E-state index in [1.54, 1.807) is 0 Å². The van der Waals surface area contributed by atoms with Crippen LogP contribution in [0.25, 0.3) is 0 Å². The molecule has 8 heteroatoms. The van der Waals surface area contributed by atoms with Crippen LogP contribution in [0.2, 0.25) is 0 Å². The number of hydrogen-bond donors (Lipinski definition) is 0. The van der Waals surface area contributed by atoms with E-state index in [-0.39, 0.29) is 5.97 Å². The van der Waals surface area contributed by atoms with Crippen LogP contribution in [0.15, 0.2) is 0 Å². The number of carbonyl (C=O) groups is 1. The molecule has 0 aliphatic rings. The van der Waals surface area contributed by atoms with E-state index in [0.717, 1.165) is 26.0 Å². The van der Waals surface area contributed by atoms with Crippen LogP contribution in [0.4, 0.5) is 0 Å². The van der Waals surface area contributed by atoms with Crippen molar-refractivity contribution in [3.63, 3.8) is 0 Å². The summed E-state index contributed by atoms with van der Waals surface area (Å²) in [7, 11) is 4.04. The van der Waals surface area contributed by atoms with Gasteiger partial charge in [-0.05, 0) is 20.5 Å². The van der Waals surface area contributed by atoms with E-state index >= 15 is 0 Å². The molecular weight excluding hydrogens is 378 g/mol. The fourth-order valence-electron chi connectivity index (χ4n) is 2.21. The number of rotatable bonds is 23. The maximum absolute atomic E-state index is 11.5. The highest BCUT2D eigenvalue weighted by atomic mass is 16.6. The average Bonchev–Trinajstić information content (AvgIpc) is 2.70. The molecule has 0 aromatic heterocycles. The Morgan fingerprint density at radius 3 is 1.52 bits per heavy atom. The van der Waals surface area contributed by atoms with Crippen molar-refractivity contribution in [1.29, 1.82) is 0 Å². The van der Waals surface area contributed by atoms with Gasteiger partial charge in [0.25, 0.3) is 0 Å². The van der Waals surface area contributed by atoms with Gasteiger partial charge < -0.3 is 33.3 Å². The first-order chi connectivity index (χ1) is 14.2. The molecule has 0 aliphatic carbocycles. The number of esters is 1. The van der Waals surface area contributed by atoms with Crippen LogP contribution < -0.4 is 0 Å². The van der Waals surface area contributed by atoms with Gasteiger partial charge in [0.2, 0.25) is 0 Å². The zero-order valence-corrected chi connectivity index (χ0v) is 18.8. The van der Waals surface area contributed by atoms with Crippen molar-refractivity contribution < 1.29 is 33.2 Å². The fourth-order valence-corrected chi connectivity index (χ4v) is 2.21. The summed E-state index contributed by atoms with van der Waals surface area (Å²) in [5, 5.41) is 0. The molecule has 0 aromatic carbocycles. The molecule has 0 aromatic rings. The second-order valence-corrected chi connectivity index (χ2v) is 6.90. The highest BCUT2D eigenvalue weighted by molar-refractivity contribution is 5.69. The Morgan fingerprint density at radius 2 is 1.07 bits per heavy atom. The van der Waals surface area contributed by atoms with Crippen molar-refractivity contribution in [3.8, 4) is 0 Å². The van der Waals surface area contributed by atoms with Gasteiger partial charge in [0.1, 0.15) is 6.61 Å². The van der Waals surface area contributed by atoms with Crippen LogP contribution in [0.5, 0.6) is 0 Å². The smallest absolute Gasteiger partial charge is 0.305 e. The SMILES string of the molecule is CCCCCCC(=O)OCCOCCOCCOCCOCCOCCN(C)C. The van der Waals surface area contributed by atoms with E-state index in [0.29, 0.717) is 72.5 Å². The zero-order valence-electron chi connectivity index (χ0n) is 18.8. The van der Waals surface area contributed by atoms with Gasteiger partial charge in [0.15, 0.2) is 0 Å². The third kappa shape index (κ3) is 25.2. The lowest BCUT2D eigenvalue weighted by atomic mass is 10.2. The summed E-state index contributed by atoms with van der Waals surface area (Å²) in [5.41, 5.74) is 0. The second kappa shape index (κ2) is 23.5. The molecule has 0 radical (unpaired) electrons. The predicted molar refractivity (Wildman–Crippen MR) is 112 cm³/mol. The van der Waals surface area contributed by atoms with Crippen LogP contribution >= 0.6 is 0 Å². The predicted octanol–water partition coefficient (Wildman–Crippen LogP) is 2.14. The maximum atomic E-state index is 11.5. The first-order valence-corrected chi connectivity index (χ1v) is 10.9. The maximum Gasteiger partial charge on any atom is 0.305 e. The first kappa shape index (κ1) is 28.2. The van der Waals surface area contributed by atoms with E-state index in [1.165, 1.54) is 12.8 Å². The molecule has 0 atom stereocenters. The molecule has 29 heavy (non-hydrogen) atoms. The lowest BCUT2D eigenvalue weighted by Gasteiger charge is -2.10. The normalized spacial score (nSPS) is 11.3. The molecule has 0 heterocycles. The van der Waals surface area contributed by atoms with Crippen molar-refractivity contribution in [2.45, 2.75) is 39.0 Å². The van der Waals surface area contributed by atoms with Crippen LogP contribution in [0.3, 0.4) is 0 Å². The number of nitrogens with zero attached hydrogens (tertiary/aromatic N) is 1.